The second kappa shape index (κ2) is 5.47. The van der Waals surface area contributed by atoms with E-state index in [0.717, 1.165) is 28.1 Å². The first-order chi connectivity index (χ1) is 8.16. The maximum Gasteiger partial charge on any atom is 0.120 e. The van der Waals surface area contributed by atoms with Gasteiger partial charge in [-0.3, -0.25) is 0 Å². The van der Waals surface area contributed by atoms with E-state index in [0.29, 0.717) is 6.04 Å². The van der Waals surface area contributed by atoms with E-state index in [4.69, 9.17) is 0 Å². The lowest BCUT2D eigenvalue weighted by molar-refractivity contribution is 0.575. The van der Waals surface area contributed by atoms with Gasteiger partial charge in [0, 0.05) is 16.1 Å². The molecule has 3 nitrogen and oxygen atoms in total. The molecule has 0 saturated heterocycles. The van der Waals surface area contributed by atoms with Crippen LogP contribution in [0.2, 0.25) is 0 Å². The van der Waals surface area contributed by atoms with Gasteiger partial charge in [-0.15, -0.1) is 0 Å². The molecule has 17 heavy (non-hydrogen) atoms. The standard InChI is InChI=1S/C13H16BrN3/c1-9(2)15-8-13-16-7-12(17-13)10-5-3-4-6-11(10)14/h3-7,9,15H,8H2,1-2H3,(H,16,17). The van der Waals surface area contributed by atoms with Gasteiger partial charge >= 0.3 is 0 Å². The molecule has 0 bridgehead atoms. The van der Waals surface area contributed by atoms with Crippen LogP contribution in [0.5, 0.6) is 0 Å². The van der Waals surface area contributed by atoms with Gasteiger partial charge in [-0.25, -0.2) is 4.98 Å². The average molecular weight is 294 g/mol. The topological polar surface area (TPSA) is 40.7 Å². The molecule has 1 aromatic carbocycles. The van der Waals surface area contributed by atoms with Gasteiger partial charge in [0.1, 0.15) is 5.82 Å². The van der Waals surface area contributed by atoms with E-state index in [1.54, 1.807) is 0 Å². The minimum absolute atomic E-state index is 0.465. The predicted molar refractivity (Wildman–Crippen MR) is 73.7 cm³/mol. The molecule has 0 aliphatic carbocycles. The molecule has 2 aromatic rings. The van der Waals surface area contributed by atoms with Crippen LogP contribution in [0.1, 0.15) is 19.7 Å². The summed E-state index contributed by atoms with van der Waals surface area (Å²) in [6, 6.07) is 8.59. The minimum Gasteiger partial charge on any atom is -0.341 e. The zero-order chi connectivity index (χ0) is 12.3. The normalized spacial score (nSPS) is 11.1. The molecule has 0 spiro atoms. The molecule has 0 radical (unpaired) electrons. The van der Waals surface area contributed by atoms with Crippen molar-refractivity contribution in [3.63, 3.8) is 0 Å². The number of nitrogens with zero attached hydrogens (tertiary/aromatic N) is 1. The van der Waals surface area contributed by atoms with Crippen LogP contribution in [0.4, 0.5) is 0 Å². The highest BCUT2D eigenvalue weighted by molar-refractivity contribution is 9.10. The highest BCUT2D eigenvalue weighted by atomic mass is 79.9. The Labute approximate surface area is 110 Å². The van der Waals surface area contributed by atoms with Crippen LogP contribution < -0.4 is 5.32 Å². The second-order valence-electron chi connectivity index (χ2n) is 4.26. The molecule has 1 heterocycles. The SMILES string of the molecule is CC(C)NCc1ncc(-c2ccccc2Br)[nH]1. The van der Waals surface area contributed by atoms with E-state index in [2.05, 4.69) is 51.1 Å². The van der Waals surface area contributed by atoms with E-state index in [1.165, 1.54) is 0 Å². The fourth-order valence-electron chi connectivity index (χ4n) is 1.57. The number of halogens is 1. The largest absolute Gasteiger partial charge is 0.341 e. The molecule has 0 aliphatic rings. The fraction of sp³-hybridized carbons (Fsp3) is 0.308. The molecule has 4 heteroatoms. The van der Waals surface area contributed by atoms with Gasteiger partial charge in [-0.2, -0.15) is 0 Å². The van der Waals surface area contributed by atoms with Crippen molar-refractivity contribution in [2.45, 2.75) is 26.4 Å². The molecular weight excluding hydrogens is 278 g/mol. The van der Waals surface area contributed by atoms with Crippen molar-refractivity contribution in [2.75, 3.05) is 0 Å². The first kappa shape index (κ1) is 12.3. The summed E-state index contributed by atoms with van der Waals surface area (Å²) in [7, 11) is 0. The summed E-state index contributed by atoms with van der Waals surface area (Å²) in [6.07, 6.45) is 1.87. The summed E-state index contributed by atoms with van der Waals surface area (Å²) in [4.78, 5) is 7.69. The third kappa shape index (κ3) is 3.17. The van der Waals surface area contributed by atoms with Crippen molar-refractivity contribution >= 4 is 15.9 Å². The number of H-pyrrole nitrogens is 1. The summed E-state index contributed by atoms with van der Waals surface area (Å²) in [5.41, 5.74) is 2.17. The van der Waals surface area contributed by atoms with Crippen molar-refractivity contribution in [1.29, 1.82) is 0 Å². The first-order valence-electron chi connectivity index (χ1n) is 5.69. The van der Waals surface area contributed by atoms with Crippen LogP contribution >= 0.6 is 15.9 Å². The number of hydrogen-bond acceptors (Lipinski definition) is 2. The summed E-state index contributed by atoms with van der Waals surface area (Å²) < 4.78 is 1.08. The Kier molecular flexibility index (Phi) is 3.97. The minimum atomic E-state index is 0.465. The van der Waals surface area contributed by atoms with Gasteiger partial charge in [-0.05, 0) is 6.07 Å². The number of aromatic amines is 1. The lowest BCUT2D eigenvalue weighted by Crippen LogP contribution is -2.22. The summed E-state index contributed by atoms with van der Waals surface area (Å²) in [6.45, 7) is 5.01. The third-order valence-corrected chi connectivity index (χ3v) is 3.16. The number of rotatable bonds is 4. The predicted octanol–water partition coefficient (Wildman–Crippen LogP) is 3.34. The Morgan fingerprint density at radius 2 is 2.12 bits per heavy atom. The lowest BCUT2D eigenvalue weighted by Gasteiger charge is -2.05. The Balaban J connectivity index is 2.16. The van der Waals surface area contributed by atoms with E-state index >= 15 is 0 Å². The van der Waals surface area contributed by atoms with E-state index < -0.39 is 0 Å². The number of benzene rings is 1. The number of hydrogen-bond donors (Lipinski definition) is 2. The van der Waals surface area contributed by atoms with Gasteiger partial charge in [0.05, 0.1) is 18.4 Å². The van der Waals surface area contributed by atoms with Crippen molar-refractivity contribution in [2.24, 2.45) is 0 Å². The summed E-state index contributed by atoms with van der Waals surface area (Å²) >= 11 is 3.54. The van der Waals surface area contributed by atoms with Gasteiger partial charge in [0.2, 0.25) is 0 Å². The molecule has 1 aromatic heterocycles. The van der Waals surface area contributed by atoms with Crippen molar-refractivity contribution < 1.29 is 0 Å². The molecule has 0 amide bonds. The monoisotopic (exact) mass is 293 g/mol. The van der Waals surface area contributed by atoms with Gasteiger partial charge in [-0.1, -0.05) is 48.0 Å². The molecule has 0 atom stereocenters. The molecule has 0 saturated carbocycles. The molecule has 90 valence electrons. The molecule has 0 fully saturated rings. The Bertz CT molecular complexity index is 491. The molecule has 2 rings (SSSR count). The van der Waals surface area contributed by atoms with Gasteiger partial charge in [0.15, 0.2) is 0 Å². The fourth-order valence-corrected chi connectivity index (χ4v) is 2.07. The first-order valence-corrected chi connectivity index (χ1v) is 6.48. The van der Waals surface area contributed by atoms with Crippen LogP contribution in [-0.4, -0.2) is 16.0 Å². The van der Waals surface area contributed by atoms with Crippen molar-refractivity contribution in [3.8, 4) is 11.3 Å². The van der Waals surface area contributed by atoms with Crippen molar-refractivity contribution in [3.05, 3.63) is 40.8 Å². The number of aromatic nitrogens is 2. The van der Waals surface area contributed by atoms with Crippen LogP contribution in [0.25, 0.3) is 11.3 Å². The Morgan fingerprint density at radius 3 is 2.82 bits per heavy atom. The highest BCUT2D eigenvalue weighted by Gasteiger charge is 2.06. The van der Waals surface area contributed by atoms with E-state index in [-0.39, 0.29) is 0 Å². The third-order valence-electron chi connectivity index (χ3n) is 2.47. The lowest BCUT2D eigenvalue weighted by atomic mass is 10.2. The van der Waals surface area contributed by atoms with Gasteiger partial charge in [0.25, 0.3) is 0 Å². The molecule has 2 N–H and O–H groups in total. The highest BCUT2D eigenvalue weighted by Crippen LogP contribution is 2.26. The van der Waals surface area contributed by atoms with Crippen LogP contribution in [0.3, 0.4) is 0 Å². The maximum absolute atomic E-state index is 4.37. The average Bonchev–Trinajstić information content (AvgIpc) is 2.75. The van der Waals surface area contributed by atoms with Crippen molar-refractivity contribution in [1.82, 2.24) is 15.3 Å². The number of nitrogens with one attached hydrogen (secondary N) is 2. The van der Waals surface area contributed by atoms with E-state index in [9.17, 15) is 0 Å². The van der Waals surface area contributed by atoms with Crippen LogP contribution in [0, 0.1) is 0 Å². The zero-order valence-corrected chi connectivity index (χ0v) is 11.6. The Morgan fingerprint density at radius 1 is 1.35 bits per heavy atom. The smallest absolute Gasteiger partial charge is 0.120 e. The Hall–Kier alpha value is -1.13. The van der Waals surface area contributed by atoms with E-state index in [1.807, 2.05) is 24.4 Å². The molecular formula is C13H16BrN3. The second-order valence-corrected chi connectivity index (χ2v) is 5.11. The van der Waals surface area contributed by atoms with Gasteiger partial charge < -0.3 is 10.3 Å². The quantitative estimate of drug-likeness (QED) is 0.908. The van der Waals surface area contributed by atoms with Crippen LogP contribution in [-0.2, 0) is 6.54 Å². The number of imidazole rings is 1. The molecule has 0 aliphatic heterocycles. The zero-order valence-electron chi connectivity index (χ0n) is 10.00. The summed E-state index contributed by atoms with van der Waals surface area (Å²) in [5, 5.41) is 3.34. The van der Waals surface area contributed by atoms with Crippen LogP contribution in [0.15, 0.2) is 34.9 Å². The maximum atomic E-state index is 4.37. The summed E-state index contributed by atoms with van der Waals surface area (Å²) in [5.74, 6) is 0.962. The molecule has 0 unspecified atom stereocenters.